The van der Waals surface area contributed by atoms with Crippen LogP contribution >= 0.6 is 0 Å². The van der Waals surface area contributed by atoms with E-state index in [4.69, 9.17) is 4.74 Å². The number of piperidine rings is 1. The quantitative estimate of drug-likeness (QED) is 0.897. The van der Waals surface area contributed by atoms with E-state index in [1.165, 1.54) is 5.56 Å². The van der Waals surface area contributed by atoms with Gasteiger partial charge in [-0.1, -0.05) is 29.8 Å². The van der Waals surface area contributed by atoms with Crippen LogP contribution in [0.15, 0.2) is 24.3 Å². The van der Waals surface area contributed by atoms with Gasteiger partial charge in [0.2, 0.25) is 5.91 Å². The average Bonchev–Trinajstić information content (AvgIpc) is 2.57. The predicted octanol–water partition coefficient (Wildman–Crippen LogP) is 1.91. The highest BCUT2D eigenvalue weighted by molar-refractivity contribution is 5.88. The Labute approximate surface area is 132 Å². The number of amides is 1. The number of nitrogens with one attached hydrogen (secondary N) is 2. The van der Waals surface area contributed by atoms with Gasteiger partial charge in [0.05, 0.1) is 5.41 Å². The van der Waals surface area contributed by atoms with Crippen molar-refractivity contribution in [3.8, 4) is 0 Å². The van der Waals surface area contributed by atoms with Gasteiger partial charge < -0.3 is 15.4 Å². The third kappa shape index (κ3) is 3.18. The lowest BCUT2D eigenvalue weighted by Gasteiger charge is -2.38. The number of hydrogen-bond acceptors (Lipinski definition) is 3. The van der Waals surface area contributed by atoms with Crippen LogP contribution in [0.25, 0.3) is 0 Å². The molecule has 0 atom stereocenters. The molecule has 2 N–H and O–H groups in total. The minimum Gasteiger partial charge on any atom is -0.381 e. The van der Waals surface area contributed by atoms with Crippen LogP contribution < -0.4 is 10.6 Å². The molecule has 0 radical (unpaired) electrons. The number of hydrogen-bond donors (Lipinski definition) is 2. The molecule has 0 spiro atoms. The Morgan fingerprint density at radius 3 is 2.45 bits per heavy atom. The number of carbonyl (C=O) groups excluding carboxylic acids is 1. The van der Waals surface area contributed by atoms with E-state index in [-0.39, 0.29) is 5.91 Å². The first-order chi connectivity index (χ1) is 10.7. The molecule has 3 rings (SSSR count). The summed E-state index contributed by atoms with van der Waals surface area (Å²) in [6, 6.07) is 8.74. The van der Waals surface area contributed by atoms with Crippen LogP contribution in [0.3, 0.4) is 0 Å². The molecule has 2 aliphatic heterocycles. The molecule has 2 saturated heterocycles. The van der Waals surface area contributed by atoms with Gasteiger partial charge in [-0.05, 0) is 51.3 Å². The van der Waals surface area contributed by atoms with E-state index in [1.54, 1.807) is 0 Å². The van der Waals surface area contributed by atoms with Crippen molar-refractivity contribution in [3.63, 3.8) is 0 Å². The Kier molecular flexibility index (Phi) is 4.79. The van der Waals surface area contributed by atoms with Gasteiger partial charge in [0.25, 0.3) is 0 Å². The first kappa shape index (κ1) is 15.5. The first-order valence-corrected chi connectivity index (χ1v) is 8.37. The van der Waals surface area contributed by atoms with E-state index in [0.29, 0.717) is 19.3 Å². The third-order valence-electron chi connectivity index (χ3n) is 5.06. The van der Waals surface area contributed by atoms with Crippen molar-refractivity contribution in [1.29, 1.82) is 0 Å². The fourth-order valence-corrected chi connectivity index (χ4v) is 3.53. The molecule has 2 fully saturated rings. The summed E-state index contributed by atoms with van der Waals surface area (Å²) in [5.74, 6) is 0.187. The summed E-state index contributed by atoms with van der Waals surface area (Å²) in [4.78, 5) is 13.1. The number of carbonyl (C=O) groups is 1. The molecule has 22 heavy (non-hydrogen) atoms. The first-order valence-electron chi connectivity index (χ1n) is 8.37. The van der Waals surface area contributed by atoms with Gasteiger partial charge in [-0.25, -0.2) is 0 Å². The highest BCUT2D eigenvalue weighted by Gasteiger charge is 2.42. The summed E-state index contributed by atoms with van der Waals surface area (Å²) in [7, 11) is 0. The smallest absolute Gasteiger partial charge is 0.231 e. The van der Waals surface area contributed by atoms with E-state index >= 15 is 0 Å². The molecule has 1 amide bonds. The van der Waals surface area contributed by atoms with Gasteiger partial charge >= 0.3 is 0 Å². The summed E-state index contributed by atoms with van der Waals surface area (Å²) in [5, 5.41) is 6.65. The van der Waals surface area contributed by atoms with Gasteiger partial charge in [-0.2, -0.15) is 0 Å². The highest BCUT2D eigenvalue weighted by Crippen LogP contribution is 2.35. The molecule has 1 aromatic carbocycles. The molecule has 0 bridgehead atoms. The van der Waals surface area contributed by atoms with Gasteiger partial charge in [0.15, 0.2) is 0 Å². The minimum atomic E-state index is -0.420. The normalized spacial score (nSPS) is 22.2. The number of benzene rings is 1. The van der Waals surface area contributed by atoms with Crippen LogP contribution in [0.2, 0.25) is 0 Å². The van der Waals surface area contributed by atoms with Gasteiger partial charge in [0.1, 0.15) is 0 Å². The largest absolute Gasteiger partial charge is 0.381 e. The van der Waals surface area contributed by atoms with E-state index < -0.39 is 5.41 Å². The lowest BCUT2D eigenvalue weighted by atomic mass is 9.73. The SMILES string of the molecule is Cc1ccc(C2(C(=O)NC3CCNCC3)CCOCC2)cc1. The number of rotatable bonds is 3. The van der Waals surface area contributed by atoms with Gasteiger partial charge in [-0.3, -0.25) is 4.79 Å². The summed E-state index contributed by atoms with van der Waals surface area (Å²) in [5.41, 5.74) is 1.94. The summed E-state index contributed by atoms with van der Waals surface area (Å²) in [6.07, 6.45) is 3.58. The maximum atomic E-state index is 13.1. The second-order valence-corrected chi connectivity index (χ2v) is 6.56. The standard InChI is InChI=1S/C18H26N2O2/c1-14-2-4-15(5-3-14)18(8-12-22-13-9-18)17(21)20-16-6-10-19-11-7-16/h2-5,16,19H,6-13H2,1H3,(H,20,21). The zero-order valence-corrected chi connectivity index (χ0v) is 13.4. The van der Waals surface area contributed by atoms with Crippen molar-refractivity contribution in [1.82, 2.24) is 10.6 Å². The van der Waals surface area contributed by atoms with Crippen LogP contribution in [0, 0.1) is 6.92 Å². The van der Waals surface area contributed by atoms with E-state index in [0.717, 1.165) is 44.3 Å². The summed E-state index contributed by atoms with van der Waals surface area (Å²) >= 11 is 0. The maximum absolute atomic E-state index is 13.1. The van der Waals surface area contributed by atoms with Crippen LogP contribution in [0.4, 0.5) is 0 Å². The molecule has 0 aliphatic carbocycles. The third-order valence-corrected chi connectivity index (χ3v) is 5.06. The second-order valence-electron chi connectivity index (χ2n) is 6.56. The van der Waals surface area contributed by atoms with E-state index in [1.807, 2.05) is 0 Å². The molecule has 0 aromatic heterocycles. The lowest BCUT2D eigenvalue weighted by Crippen LogP contribution is -2.52. The van der Waals surface area contributed by atoms with Gasteiger partial charge in [0, 0.05) is 19.3 Å². The summed E-state index contributed by atoms with van der Waals surface area (Å²) < 4.78 is 5.52. The maximum Gasteiger partial charge on any atom is 0.231 e. The van der Waals surface area contributed by atoms with Crippen LogP contribution in [-0.2, 0) is 14.9 Å². The molecule has 4 nitrogen and oxygen atoms in total. The van der Waals surface area contributed by atoms with Crippen molar-refractivity contribution >= 4 is 5.91 Å². The Bertz CT molecular complexity index is 500. The van der Waals surface area contributed by atoms with Crippen molar-refractivity contribution in [2.24, 2.45) is 0 Å². The molecule has 2 aliphatic rings. The Morgan fingerprint density at radius 2 is 1.82 bits per heavy atom. The summed E-state index contributed by atoms with van der Waals surface area (Å²) in [6.45, 7) is 5.38. The molecule has 0 unspecified atom stereocenters. The van der Waals surface area contributed by atoms with Crippen LogP contribution in [-0.4, -0.2) is 38.3 Å². The zero-order chi connectivity index (χ0) is 15.4. The topological polar surface area (TPSA) is 50.4 Å². The average molecular weight is 302 g/mol. The fourth-order valence-electron chi connectivity index (χ4n) is 3.53. The van der Waals surface area contributed by atoms with Crippen molar-refractivity contribution in [2.75, 3.05) is 26.3 Å². The molecular weight excluding hydrogens is 276 g/mol. The fraction of sp³-hybridized carbons (Fsp3) is 0.611. The predicted molar refractivity (Wildman–Crippen MR) is 86.9 cm³/mol. The number of aryl methyl sites for hydroxylation is 1. The van der Waals surface area contributed by atoms with Crippen molar-refractivity contribution < 1.29 is 9.53 Å². The highest BCUT2D eigenvalue weighted by atomic mass is 16.5. The molecule has 2 heterocycles. The molecule has 4 heteroatoms. The Hall–Kier alpha value is -1.39. The van der Waals surface area contributed by atoms with Gasteiger partial charge in [-0.15, -0.1) is 0 Å². The molecule has 120 valence electrons. The molecular formula is C18H26N2O2. The van der Waals surface area contributed by atoms with Crippen LogP contribution in [0.5, 0.6) is 0 Å². The minimum absolute atomic E-state index is 0.187. The van der Waals surface area contributed by atoms with E-state index in [2.05, 4.69) is 41.8 Å². The van der Waals surface area contributed by atoms with E-state index in [9.17, 15) is 4.79 Å². The second kappa shape index (κ2) is 6.80. The molecule has 0 saturated carbocycles. The van der Waals surface area contributed by atoms with Crippen molar-refractivity contribution in [3.05, 3.63) is 35.4 Å². The zero-order valence-electron chi connectivity index (χ0n) is 13.4. The Morgan fingerprint density at radius 1 is 1.18 bits per heavy atom. The van der Waals surface area contributed by atoms with Crippen molar-refractivity contribution in [2.45, 2.75) is 44.1 Å². The monoisotopic (exact) mass is 302 g/mol. The van der Waals surface area contributed by atoms with Crippen LogP contribution in [0.1, 0.15) is 36.8 Å². The lowest BCUT2D eigenvalue weighted by molar-refractivity contribution is -0.131. The number of ether oxygens (including phenoxy) is 1. The Balaban J connectivity index is 1.81. The molecule has 1 aromatic rings.